The molecule has 1 aromatic heterocycles. The van der Waals surface area contributed by atoms with Crippen LogP contribution in [0.15, 0.2) is 41.8 Å². The molecule has 1 aliphatic rings. The molecule has 40 heavy (non-hydrogen) atoms. The topological polar surface area (TPSA) is 112 Å². The van der Waals surface area contributed by atoms with Crippen molar-refractivity contribution in [3.63, 3.8) is 0 Å². The van der Waals surface area contributed by atoms with E-state index in [1.165, 1.54) is 29.4 Å². The van der Waals surface area contributed by atoms with Crippen molar-refractivity contribution in [1.82, 2.24) is 10.3 Å². The lowest BCUT2D eigenvalue weighted by molar-refractivity contribution is -0.169. The van der Waals surface area contributed by atoms with Gasteiger partial charge in [-0.25, -0.2) is 4.98 Å². The van der Waals surface area contributed by atoms with Crippen molar-refractivity contribution >= 4 is 40.6 Å². The Balaban J connectivity index is 0.000000482. The van der Waals surface area contributed by atoms with Gasteiger partial charge in [0.25, 0.3) is 0 Å². The number of aliphatic carboxylic acids is 2. The van der Waals surface area contributed by atoms with Crippen LogP contribution in [-0.2, 0) is 35.4 Å². The number of alkyl halides is 3. The summed E-state index contributed by atoms with van der Waals surface area (Å²) in [6.07, 6.45) is -2.95. The lowest BCUT2D eigenvalue weighted by atomic mass is 10.0. The molecular formula is C28H31ClF3N3O4S. The number of carboxylic acids is 2. The first-order valence-electron chi connectivity index (χ1n) is 12.7. The van der Waals surface area contributed by atoms with Gasteiger partial charge >= 0.3 is 18.1 Å². The minimum Gasteiger partial charge on any atom is -0.481 e. The molecular weight excluding hydrogens is 567 g/mol. The van der Waals surface area contributed by atoms with E-state index < -0.39 is 24.0 Å². The van der Waals surface area contributed by atoms with Crippen molar-refractivity contribution in [1.29, 1.82) is 0 Å². The first kappa shape index (κ1) is 31.4. The van der Waals surface area contributed by atoms with Crippen LogP contribution >= 0.6 is 22.9 Å². The fraction of sp³-hybridized carbons (Fsp3) is 0.393. The van der Waals surface area contributed by atoms with Crippen LogP contribution in [0.25, 0.3) is 11.3 Å². The Morgan fingerprint density at radius 1 is 1.07 bits per heavy atom. The molecule has 0 spiro atoms. The molecule has 0 unspecified atom stereocenters. The first-order chi connectivity index (χ1) is 18.9. The van der Waals surface area contributed by atoms with Gasteiger partial charge in [-0.3, -0.25) is 9.59 Å². The Labute approximate surface area is 239 Å². The maximum atomic E-state index is 12.8. The third-order valence-corrected chi connectivity index (χ3v) is 7.53. The number of rotatable bonds is 9. The molecule has 4 rings (SSSR count). The lowest BCUT2D eigenvalue weighted by Gasteiger charge is -2.16. The van der Waals surface area contributed by atoms with Gasteiger partial charge < -0.3 is 20.8 Å². The molecule has 0 fully saturated rings. The second kappa shape index (κ2) is 14.5. The Hall–Kier alpha value is -3.15. The number of hydrogen-bond donors (Lipinski definition) is 4. The zero-order valence-electron chi connectivity index (χ0n) is 21.9. The number of hydrogen-bond acceptors (Lipinski definition) is 6. The largest absolute Gasteiger partial charge is 0.481 e. The second-order valence-electron chi connectivity index (χ2n) is 9.42. The van der Waals surface area contributed by atoms with Crippen molar-refractivity contribution in [2.24, 2.45) is 5.92 Å². The standard InChI is InChI=1S/C24H25ClF3N3S.C4H6O4/c1-15(24(26,27)28)12-22-31-21(14-32-22)18-4-2-16(3-5-18)13-30-23-19-9-11-29-10-8-17(19)6-7-20(23)25;5-3(6)1-2-4(7)8/h2-7,14-15,29-30H,8-13H2,1H3;1-2H2,(H,5,6)(H,7,8)/t15-;/m1./s1. The maximum absolute atomic E-state index is 12.8. The van der Waals surface area contributed by atoms with E-state index in [-0.39, 0.29) is 19.3 Å². The van der Waals surface area contributed by atoms with Crippen LogP contribution in [0.5, 0.6) is 0 Å². The smallest absolute Gasteiger partial charge is 0.391 e. The van der Waals surface area contributed by atoms with E-state index in [4.69, 9.17) is 21.8 Å². The van der Waals surface area contributed by atoms with Crippen LogP contribution in [0.1, 0.15) is 41.5 Å². The van der Waals surface area contributed by atoms with Crippen molar-refractivity contribution < 1.29 is 33.0 Å². The number of anilines is 1. The van der Waals surface area contributed by atoms with E-state index in [1.807, 2.05) is 35.7 Å². The Bertz CT molecular complexity index is 1280. The number of carboxylic acid groups (broad SMARTS) is 2. The molecule has 4 N–H and O–H groups in total. The van der Waals surface area contributed by atoms with Gasteiger partial charge in [-0.2, -0.15) is 13.2 Å². The summed E-state index contributed by atoms with van der Waals surface area (Å²) in [7, 11) is 0. The van der Waals surface area contributed by atoms with E-state index in [0.717, 1.165) is 47.8 Å². The lowest BCUT2D eigenvalue weighted by Crippen LogP contribution is -2.21. The predicted octanol–water partition coefficient (Wildman–Crippen LogP) is 6.44. The average molecular weight is 598 g/mol. The first-order valence-corrected chi connectivity index (χ1v) is 14.0. The number of thiazole rings is 1. The normalized spacial score (nSPS) is 13.8. The highest BCUT2D eigenvalue weighted by atomic mass is 35.5. The average Bonchev–Trinajstić information content (AvgIpc) is 3.23. The molecule has 0 aliphatic carbocycles. The molecule has 216 valence electrons. The van der Waals surface area contributed by atoms with Gasteiger partial charge in [0.15, 0.2) is 0 Å². The minimum atomic E-state index is -4.20. The van der Waals surface area contributed by atoms with Crippen LogP contribution < -0.4 is 10.6 Å². The molecule has 1 atom stereocenters. The zero-order valence-corrected chi connectivity index (χ0v) is 23.4. The molecule has 0 saturated heterocycles. The van der Waals surface area contributed by atoms with Crippen LogP contribution in [0.3, 0.4) is 0 Å². The van der Waals surface area contributed by atoms with Crippen LogP contribution in [-0.4, -0.2) is 46.4 Å². The molecule has 2 heterocycles. The van der Waals surface area contributed by atoms with Crippen molar-refractivity contribution in [2.45, 2.75) is 51.7 Å². The monoisotopic (exact) mass is 597 g/mol. The molecule has 3 aromatic rings. The van der Waals surface area contributed by atoms with Gasteiger partial charge in [-0.1, -0.05) is 48.9 Å². The molecule has 1 aliphatic heterocycles. The van der Waals surface area contributed by atoms with Crippen molar-refractivity contribution in [3.8, 4) is 11.3 Å². The summed E-state index contributed by atoms with van der Waals surface area (Å²) in [5.74, 6) is -3.55. The van der Waals surface area contributed by atoms with Gasteiger partial charge in [0, 0.05) is 23.9 Å². The van der Waals surface area contributed by atoms with Crippen LogP contribution in [0.2, 0.25) is 5.02 Å². The highest BCUT2D eigenvalue weighted by molar-refractivity contribution is 7.09. The van der Waals surface area contributed by atoms with Crippen molar-refractivity contribution in [3.05, 3.63) is 68.5 Å². The minimum absolute atomic E-state index is 0.0894. The fourth-order valence-electron chi connectivity index (χ4n) is 4.05. The van der Waals surface area contributed by atoms with Crippen LogP contribution in [0, 0.1) is 5.92 Å². The van der Waals surface area contributed by atoms with E-state index in [1.54, 1.807) is 0 Å². The summed E-state index contributed by atoms with van der Waals surface area (Å²) in [5.41, 5.74) is 6.31. The predicted molar refractivity (Wildman–Crippen MR) is 150 cm³/mol. The summed E-state index contributed by atoms with van der Waals surface area (Å²) >= 11 is 7.77. The fourth-order valence-corrected chi connectivity index (χ4v) is 5.22. The third-order valence-electron chi connectivity index (χ3n) is 6.35. The molecule has 0 amide bonds. The molecule has 0 bridgehead atoms. The summed E-state index contributed by atoms with van der Waals surface area (Å²) in [6.45, 7) is 3.74. The number of nitrogens with zero attached hydrogens (tertiary/aromatic N) is 1. The maximum Gasteiger partial charge on any atom is 0.391 e. The Morgan fingerprint density at radius 2 is 1.73 bits per heavy atom. The van der Waals surface area contributed by atoms with Crippen molar-refractivity contribution in [2.75, 3.05) is 18.4 Å². The van der Waals surface area contributed by atoms with E-state index in [9.17, 15) is 22.8 Å². The van der Waals surface area contributed by atoms with Gasteiger partial charge in [-0.05, 0) is 48.7 Å². The number of aromatic nitrogens is 1. The van der Waals surface area contributed by atoms with E-state index >= 15 is 0 Å². The number of benzene rings is 2. The van der Waals surface area contributed by atoms with E-state index in [0.29, 0.717) is 17.2 Å². The SMILES string of the molecule is C[C@H](Cc1nc(-c2ccc(CNc3c(Cl)ccc4c3CCNCC4)cc2)cs1)C(F)(F)F.O=C(O)CCC(=O)O. The highest BCUT2D eigenvalue weighted by Gasteiger charge is 2.36. The summed E-state index contributed by atoms with van der Waals surface area (Å²) in [5, 5.41) is 25.8. The molecule has 2 aromatic carbocycles. The van der Waals surface area contributed by atoms with Gasteiger partial charge in [-0.15, -0.1) is 11.3 Å². The quantitative estimate of drug-likeness (QED) is 0.225. The van der Waals surface area contributed by atoms with Gasteiger partial charge in [0.2, 0.25) is 0 Å². The summed E-state index contributed by atoms with van der Waals surface area (Å²) in [6, 6.07) is 12.0. The van der Waals surface area contributed by atoms with E-state index in [2.05, 4.69) is 21.7 Å². The number of fused-ring (bicyclic) bond motifs is 1. The Morgan fingerprint density at radius 3 is 2.35 bits per heavy atom. The second-order valence-corrected chi connectivity index (χ2v) is 10.8. The third kappa shape index (κ3) is 9.50. The molecule has 12 heteroatoms. The number of nitrogens with one attached hydrogen (secondary N) is 2. The molecule has 7 nitrogen and oxygen atoms in total. The summed E-state index contributed by atoms with van der Waals surface area (Å²) < 4.78 is 38.4. The molecule has 0 radical (unpaired) electrons. The molecule has 0 saturated carbocycles. The highest BCUT2D eigenvalue weighted by Crippen LogP contribution is 2.32. The zero-order chi connectivity index (χ0) is 29.3. The number of halogens is 4. The Kier molecular flexibility index (Phi) is 11.4. The van der Waals surface area contributed by atoms with Crippen LogP contribution in [0.4, 0.5) is 18.9 Å². The van der Waals surface area contributed by atoms with Gasteiger partial charge in [0.1, 0.15) is 0 Å². The van der Waals surface area contributed by atoms with Gasteiger partial charge in [0.05, 0.1) is 40.2 Å². The number of carbonyl (C=O) groups is 2. The summed E-state index contributed by atoms with van der Waals surface area (Å²) in [4.78, 5) is 23.7.